The van der Waals surface area contributed by atoms with E-state index in [4.69, 9.17) is 24.1 Å². The van der Waals surface area contributed by atoms with Crippen LogP contribution in [0.15, 0.2) is 30.3 Å². The Hall–Kier alpha value is -2.93. The topological polar surface area (TPSA) is 94.5 Å². The summed E-state index contributed by atoms with van der Waals surface area (Å²) in [4.78, 5) is 11.2. The number of unbranched alkanes of at least 4 members (excludes halogenated alkanes) is 7. The van der Waals surface area contributed by atoms with E-state index in [1.165, 1.54) is 38.5 Å². The quantitative estimate of drug-likeness (QED) is 0.278. The van der Waals surface area contributed by atoms with E-state index in [0.29, 0.717) is 46.3 Å². The number of carbonyl (C=O) groups is 1. The zero-order valence-electron chi connectivity index (χ0n) is 20.6. The van der Waals surface area contributed by atoms with Crippen LogP contribution in [-0.4, -0.2) is 43.6 Å². The molecular weight excluding hydrogens is 436 g/mol. The van der Waals surface area contributed by atoms with Gasteiger partial charge in [0.15, 0.2) is 6.61 Å². The Morgan fingerprint density at radius 2 is 1.35 bits per heavy atom. The lowest BCUT2D eigenvalue weighted by atomic mass is 10.00. The molecule has 0 amide bonds. The van der Waals surface area contributed by atoms with Crippen LogP contribution in [-0.2, 0) is 11.4 Å². The maximum absolute atomic E-state index is 11.2. The summed E-state index contributed by atoms with van der Waals surface area (Å²) in [6, 6.07) is 8.78. The van der Waals surface area contributed by atoms with Crippen molar-refractivity contribution in [2.45, 2.75) is 64.9 Å². The molecule has 0 heterocycles. The van der Waals surface area contributed by atoms with Crippen molar-refractivity contribution in [2.24, 2.45) is 0 Å². The van der Waals surface area contributed by atoms with Crippen molar-refractivity contribution < 1.29 is 34.0 Å². The normalized spacial score (nSPS) is 10.7. The Labute approximate surface area is 202 Å². The van der Waals surface area contributed by atoms with Gasteiger partial charge in [0.1, 0.15) is 23.0 Å². The number of carboxylic acid groups (broad SMARTS) is 1. The number of methoxy groups -OCH3 is 2. The van der Waals surface area contributed by atoms with Crippen molar-refractivity contribution in [1.82, 2.24) is 0 Å². The maximum Gasteiger partial charge on any atom is 0.341 e. The number of aliphatic hydroxyl groups is 1. The van der Waals surface area contributed by atoms with Crippen LogP contribution in [0.4, 0.5) is 0 Å². The van der Waals surface area contributed by atoms with Crippen LogP contribution in [0, 0.1) is 0 Å². The number of rotatable bonds is 17. The molecule has 188 valence electrons. The Morgan fingerprint density at radius 3 is 1.88 bits per heavy atom. The summed E-state index contributed by atoms with van der Waals surface area (Å²) in [6.07, 6.45) is 9.53. The highest BCUT2D eigenvalue weighted by molar-refractivity contribution is 5.80. The Morgan fingerprint density at radius 1 is 0.794 bits per heavy atom. The molecule has 0 fully saturated rings. The highest BCUT2D eigenvalue weighted by atomic mass is 16.5. The molecule has 0 radical (unpaired) electrons. The molecular formula is C27H38O7. The Bertz CT molecular complexity index is 873. The number of ether oxygens (including phenoxy) is 4. The first kappa shape index (κ1) is 27.3. The van der Waals surface area contributed by atoms with Gasteiger partial charge in [-0.1, -0.05) is 51.9 Å². The summed E-state index contributed by atoms with van der Waals surface area (Å²) in [5.41, 5.74) is 1.87. The van der Waals surface area contributed by atoms with Gasteiger partial charge in [-0.15, -0.1) is 0 Å². The summed E-state index contributed by atoms with van der Waals surface area (Å²) in [6.45, 7) is 1.99. The molecule has 0 bridgehead atoms. The van der Waals surface area contributed by atoms with Gasteiger partial charge in [-0.25, -0.2) is 4.79 Å². The second-order valence-corrected chi connectivity index (χ2v) is 8.23. The average Bonchev–Trinajstić information content (AvgIpc) is 2.85. The zero-order chi connectivity index (χ0) is 24.8. The van der Waals surface area contributed by atoms with Gasteiger partial charge in [-0.2, -0.15) is 0 Å². The predicted octanol–water partition coefficient (Wildman–Crippen LogP) is 5.85. The summed E-state index contributed by atoms with van der Waals surface area (Å²) in [5, 5.41) is 18.9. The summed E-state index contributed by atoms with van der Waals surface area (Å²) in [7, 11) is 3.13. The molecule has 7 heteroatoms. The standard InChI is InChI=1S/C27H38O7/c1-4-5-6-7-8-9-10-11-12-33-24-13-20(18-28)14-25(34-19-26(29)30)27(24)21-15-22(31-2)17-23(16-21)32-3/h13-17,28H,4-12,18-19H2,1-3H3,(H,29,30). The maximum atomic E-state index is 11.2. The third-order valence-electron chi connectivity index (χ3n) is 5.56. The van der Waals surface area contributed by atoms with Gasteiger partial charge >= 0.3 is 5.97 Å². The minimum Gasteiger partial charge on any atom is -0.497 e. The molecule has 0 spiro atoms. The second-order valence-electron chi connectivity index (χ2n) is 8.23. The molecule has 0 aromatic heterocycles. The molecule has 0 atom stereocenters. The van der Waals surface area contributed by atoms with Crippen LogP contribution in [0.25, 0.3) is 11.1 Å². The van der Waals surface area contributed by atoms with E-state index in [1.54, 1.807) is 32.4 Å². The molecule has 2 N–H and O–H groups in total. The number of hydrogen-bond donors (Lipinski definition) is 2. The molecule has 7 nitrogen and oxygen atoms in total. The Balaban J connectivity index is 2.26. The summed E-state index contributed by atoms with van der Waals surface area (Å²) in [5.74, 6) is 0.905. The van der Waals surface area contributed by atoms with E-state index in [0.717, 1.165) is 12.8 Å². The SMILES string of the molecule is CCCCCCCCCCOc1cc(CO)cc(OCC(=O)O)c1-c1cc(OC)cc(OC)c1. The largest absolute Gasteiger partial charge is 0.497 e. The van der Waals surface area contributed by atoms with E-state index in [2.05, 4.69) is 6.92 Å². The van der Waals surface area contributed by atoms with Crippen molar-refractivity contribution in [3.8, 4) is 34.1 Å². The van der Waals surface area contributed by atoms with Crippen LogP contribution < -0.4 is 18.9 Å². The Kier molecular flexibility index (Phi) is 12.1. The molecule has 0 unspecified atom stereocenters. The fourth-order valence-electron chi connectivity index (χ4n) is 3.76. The fourth-order valence-corrected chi connectivity index (χ4v) is 3.76. The lowest BCUT2D eigenvalue weighted by Gasteiger charge is -2.19. The predicted molar refractivity (Wildman–Crippen MR) is 132 cm³/mol. The highest BCUT2D eigenvalue weighted by Gasteiger charge is 2.19. The van der Waals surface area contributed by atoms with Crippen molar-refractivity contribution in [1.29, 1.82) is 0 Å². The van der Waals surface area contributed by atoms with E-state index in [1.807, 2.05) is 12.1 Å². The number of aliphatic carboxylic acids is 1. The molecule has 0 aliphatic heterocycles. The molecule has 0 aliphatic rings. The average molecular weight is 475 g/mol. The number of carboxylic acids is 1. The minimum atomic E-state index is -1.09. The first-order valence-corrected chi connectivity index (χ1v) is 12.0. The van der Waals surface area contributed by atoms with Gasteiger partial charge < -0.3 is 29.2 Å². The third kappa shape index (κ3) is 8.78. The van der Waals surface area contributed by atoms with Crippen LogP contribution in [0.1, 0.15) is 63.9 Å². The van der Waals surface area contributed by atoms with E-state index >= 15 is 0 Å². The minimum absolute atomic E-state index is 0.223. The lowest BCUT2D eigenvalue weighted by Crippen LogP contribution is -2.11. The molecule has 34 heavy (non-hydrogen) atoms. The molecule has 0 saturated heterocycles. The van der Waals surface area contributed by atoms with Crippen molar-refractivity contribution in [3.05, 3.63) is 35.9 Å². The fraction of sp³-hybridized carbons (Fsp3) is 0.519. The monoisotopic (exact) mass is 474 g/mol. The smallest absolute Gasteiger partial charge is 0.341 e. The van der Waals surface area contributed by atoms with Crippen molar-refractivity contribution in [2.75, 3.05) is 27.4 Å². The molecule has 2 rings (SSSR count). The van der Waals surface area contributed by atoms with Gasteiger partial charge in [0.2, 0.25) is 0 Å². The molecule has 2 aromatic carbocycles. The van der Waals surface area contributed by atoms with Gasteiger partial charge in [0, 0.05) is 6.07 Å². The van der Waals surface area contributed by atoms with E-state index < -0.39 is 12.6 Å². The van der Waals surface area contributed by atoms with Gasteiger partial charge in [0.05, 0.1) is 33.0 Å². The first-order chi connectivity index (χ1) is 16.5. The van der Waals surface area contributed by atoms with Crippen LogP contribution in [0.2, 0.25) is 0 Å². The first-order valence-electron chi connectivity index (χ1n) is 12.0. The van der Waals surface area contributed by atoms with E-state index in [9.17, 15) is 9.90 Å². The number of benzene rings is 2. The molecule has 0 saturated carbocycles. The third-order valence-corrected chi connectivity index (χ3v) is 5.56. The van der Waals surface area contributed by atoms with Crippen LogP contribution in [0.5, 0.6) is 23.0 Å². The summed E-state index contributed by atoms with van der Waals surface area (Å²) >= 11 is 0. The van der Waals surface area contributed by atoms with Gasteiger partial charge in [-0.3, -0.25) is 0 Å². The zero-order valence-corrected chi connectivity index (χ0v) is 20.6. The second kappa shape index (κ2) is 15.1. The molecule has 2 aromatic rings. The van der Waals surface area contributed by atoms with E-state index in [-0.39, 0.29) is 6.61 Å². The lowest BCUT2D eigenvalue weighted by molar-refractivity contribution is -0.139. The van der Waals surface area contributed by atoms with Crippen molar-refractivity contribution in [3.63, 3.8) is 0 Å². The van der Waals surface area contributed by atoms with Crippen LogP contribution in [0.3, 0.4) is 0 Å². The van der Waals surface area contributed by atoms with Gasteiger partial charge in [0.25, 0.3) is 0 Å². The van der Waals surface area contributed by atoms with Crippen LogP contribution >= 0.6 is 0 Å². The van der Waals surface area contributed by atoms with Crippen molar-refractivity contribution >= 4 is 5.97 Å². The summed E-state index contributed by atoms with van der Waals surface area (Å²) < 4.78 is 22.6. The molecule has 0 aliphatic carbocycles. The number of hydrogen-bond acceptors (Lipinski definition) is 6. The highest BCUT2D eigenvalue weighted by Crippen LogP contribution is 2.42. The van der Waals surface area contributed by atoms with Gasteiger partial charge in [-0.05, 0) is 41.8 Å². The number of aliphatic hydroxyl groups excluding tert-OH is 1.